The highest BCUT2D eigenvalue weighted by molar-refractivity contribution is 14.1. The maximum absolute atomic E-state index is 14.1. The van der Waals surface area contributed by atoms with Crippen LogP contribution in [-0.4, -0.2) is 37.0 Å². The van der Waals surface area contributed by atoms with Gasteiger partial charge in [0.05, 0.1) is 42.2 Å². The number of allylic oxidation sites excluding steroid dienone is 1. The molecule has 2 heterocycles. The van der Waals surface area contributed by atoms with Crippen LogP contribution >= 0.6 is 33.9 Å². The van der Waals surface area contributed by atoms with Gasteiger partial charge in [-0.3, -0.25) is 9.36 Å². The zero-order valence-electron chi connectivity index (χ0n) is 22.7. The lowest BCUT2D eigenvalue weighted by Gasteiger charge is -2.26. The summed E-state index contributed by atoms with van der Waals surface area (Å²) in [5.41, 5.74) is 1.92. The largest absolute Gasteiger partial charge is 0.493 e. The summed E-state index contributed by atoms with van der Waals surface area (Å²) >= 11 is 3.46. The minimum Gasteiger partial charge on any atom is -0.493 e. The van der Waals surface area contributed by atoms with Crippen molar-refractivity contribution in [3.63, 3.8) is 0 Å². The Hall–Kier alpha value is -3.12. The van der Waals surface area contributed by atoms with Gasteiger partial charge in [0.25, 0.3) is 5.56 Å². The van der Waals surface area contributed by atoms with Gasteiger partial charge in [-0.25, -0.2) is 9.79 Å². The quantitative estimate of drug-likeness (QED) is 0.246. The van der Waals surface area contributed by atoms with E-state index in [0.29, 0.717) is 55.6 Å². The third-order valence-corrected chi connectivity index (χ3v) is 7.54. The van der Waals surface area contributed by atoms with Gasteiger partial charge in [-0.05, 0) is 81.5 Å². The van der Waals surface area contributed by atoms with Crippen molar-refractivity contribution in [2.45, 2.75) is 46.8 Å². The molecule has 1 aromatic heterocycles. The molecule has 4 rings (SSSR count). The van der Waals surface area contributed by atoms with Gasteiger partial charge in [0, 0.05) is 14.7 Å². The maximum atomic E-state index is 14.1. The summed E-state index contributed by atoms with van der Waals surface area (Å²) in [6.07, 6.45) is 1.68. The van der Waals surface area contributed by atoms with E-state index in [1.165, 1.54) is 11.3 Å². The van der Waals surface area contributed by atoms with E-state index in [1.54, 1.807) is 31.6 Å². The summed E-state index contributed by atoms with van der Waals surface area (Å²) in [6.45, 7) is 9.91. The molecular weight excluding hydrogens is 631 g/mol. The molecule has 3 aromatic rings. The number of methoxy groups -OCH3 is 1. The summed E-state index contributed by atoms with van der Waals surface area (Å²) in [4.78, 5) is 32.5. The van der Waals surface area contributed by atoms with Crippen LogP contribution in [0.1, 0.15) is 51.8 Å². The van der Waals surface area contributed by atoms with Crippen molar-refractivity contribution in [1.29, 1.82) is 0 Å². The van der Waals surface area contributed by atoms with Crippen LogP contribution < -0.4 is 29.1 Å². The molecule has 39 heavy (non-hydrogen) atoms. The topological polar surface area (TPSA) is 88.4 Å². The maximum Gasteiger partial charge on any atom is 0.338 e. The number of esters is 1. The molecule has 0 bridgehead atoms. The standard InChI is InChI=1S/C29H31IN2O6S/c1-7-36-26-18(13-19(30)15-22(26)35-6)14-23-27(33)32-25(20-11-9-10-12-21(20)38-16(3)4)24(28(34)37-8-2)17(5)31-29(32)39-23/h9-16,25H,7-8H2,1-6H3/b23-14-/t25-/m1/s1. The monoisotopic (exact) mass is 662 g/mol. The highest BCUT2D eigenvalue weighted by atomic mass is 127. The van der Waals surface area contributed by atoms with Crippen LogP contribution in [0.25, 0.3) is 6.08 Å². The molecule has 0 fully saturated rings. The Bertz CT molecular complexity index is 1600. The van der Waals surface area contributed by atoms with E-state index >= 15 is 0 Å². The fourth-order valence-electron chi connectivity index (χ4n) is 4.44. The number of carbonyl (C=O) groups is 1. The van der Waals surface area contributed by atoms with E-state index in [1.807, 2.05) is 57.2 Å². The predicted octanol–water partition coefficient (Wildman–Crippen LogP) is 4.60. The first kappa shape index (κ1) is 28.9. The Morgan fingerprint density at radius 3 is 2.59 bits per heavy atom. The summed E-state index contributed by atoms with van der Waals surface area (Å²) in [5, 5.41) is 0. The molecule has 0 saturated carbocycles. The second kappa shape index (κ2) is 12.4. The van der Waals surface area contributed by atoms with Crippen LogP contribution in [0.4, 0.5) is 0 Å². The van der Waals surface area contributed by atoms with Crippen LogP contribution in [0.2, 0.25) is 0 Å². The molecular formula is C29H31IN2O6S. The molecule has 2 aromatic carbocycles. The fraction of sp³-hybridized carbons (Fsp3) is 0.345. The van der Waals surface area contributed by atoms with Gasteiger partial charge in [-0.15, -0.1) is 0 Å². The molecule has 0 unspecified atom stereocenters. The number of aromatic nitrogens is 1. The summed E-state index contributed by atoms with van der Waals surface area (Å²) in [5.74, 6) is 1.21. The normalized spacial score (nSPS) is 15.2. The van der Waals surface area contributed by atoms with Crippen molar-refractivity contribution < 1.29 is 23.7 Å². The van der Waals surface area contributed by atoms with Crippen molar-refractivity contribution in [2.75, 3.05) is 20.3 Å². The SMILES string of the molecule is CCOC(=O)C1=C(C)N=c2s/c(=C\c3cc(I)cc(OC)c3OCC)c(=O)n2[C@@H]1c1ccccc1OC(C)C. The molecule has 0 spiro atoms. The van der Waals surface area contributed by atoms with Gasteiger partial charge in [0.15, 0.2) is 16.3 Å². The Labute approximate surface area is 244 Å². The number of ether oxygens (including phenoxy) is 4. The number of fused-ring (bicyclic) bond motifs is 1. The summed E-state index contributed by atoms with van der Waals surface area (Å²) in [7, 11) is 1.59. The zero-order valence-corrected chi connectivity index (χ0v) is 25.7. The fourth-order valence-corrected chi connectivity index (χ4v) is 6.10. The second-order valence-electron chi connectivity index (χ2n) is 8.97. The molecule has 1 aliphatic rings. The van der Waals surface area contributed by atoms with E-state index in [2.05, 4.69) is 27.6 Å². The van der Waals surface area contributed by atoms with Gasteiger partial charge in [-0.2, -0.15) is 0 Å². The van der Waals surface area contributed by atoms with Gasteiger partial charge < -0.3 is 18.9 Å². The Kier molecular flexibility index (Phi) is 9.16. The third-order valence-electron chi connectivity index (χ3n) is 5.94. The number of benzene rings is 2. The Balaban J connectivity index is 2.01. The first-order valence-electron chi connectivity index (χ1n) is 12.7. The van der Waals surface area contributed by atoms with Gasteiger partial charge in [-0.1, -0.05) is 29.5 Å². The lowest BCUT2D eigenvalue weighted by atomic mass is 9.95. The molecule has 1 aliphatic heterocycles. The molecule has 0 radical (unpaired) electrons. The van der Waals surface area contributed by atoms with Crippen LogP contribution in [0.3, 0.4) is 0 Å². The second-order valence-corrected chi connectivity index (χ2v) is 11.2. The number of rotatable bonds is 9. The molecule has 0 saturated heterocycles. The lowest BCUT2D eigenvalue weighted by molar-refractivity contribution is -0.139. The van der Waals surface area contributed by atoms with Gasteiger partial charge in [0.2, 0.25) is 0 Å². The smallest absolute Gasteiger partial charge is 0.338 e. The molecule has 206 valence electrons. The molecule has 0 amide bonds. The summed E-state index contributed by atoms with van der Waals surface area (Å²) in [6, 6.07) is 10.5. The molecule has 0 aliphatic carbocycles. The Morgan fingerprint density at radius 2 is 1.92 bits per heavy atom. The third kappa shape index (κ3) is 5.91. The summed E-state index contributed by atoms with van der Waals surface area (Å²) < 4.78 is 25.9. The van der Waals surface area contributed by atoms with E-state index < -0.39 is 12.0 Å². The lowest BCUT2D eigenvalue weighted by Crippen LogP contribution is -2.40. The van der Waals surface area contributed by atoms with E-state index in [9.17, 15) is 9.59 Å². The number of nitrogens with zero attached hydrogens (tertiary/aromatic N) is 2. The van der Waals surface area contributed by atoms with Crippen molar-refractivity contribution in [3.8, 4) is 17.2 Å². The zero-order chi connectivity index (χ0) is 28.3. The average molecular weight is 663 g/mol. The molecule has 1 atom stereocenters. The van der Waals surface area contributed by atoms with E-state index in [-0.39, 0.29) is 18.3 Å². The average Bonchev–Trinajstić information content (AvgIpc) is 3.19. The van der Waals surface area contributed by atoms with E-state index in [4.69, 9.17) is 18.9 Å². The van der Waals surface area contributed by atoms with E-state index in [0.717, 1.165) is 3.57 Å². The molecule has 10 heteroatoms. The number of hydrogen-bond donors (Lipinski definition) is 0. The molecule has 8 nitrogen and oxygen atoms in total. The first-order chi connectivity index (χ1) is 18.7. The van der Waals surface area contributed by atoms with Crippen molar-refractivity contribution in [2.24, 2.45) is 4.99 Å². The highest BCUT2D eigenvalue weighted by Crippen LogP contribution is 2.37. The minimum atomic E-state index is -0.769. The highest BCUT2D eigenvalue weighted by Gasteiger charge is 2.35. The van der Waals surface area contributed by atoms with Crippen LogP contribution in [-0.2, 0) is 9.53 Å². The van der Waals surface area contributed by atoms with Crippen LogP contribution in [0.5, 0.6) is 17.2 Å². The van der Waals surface area contributed by atoms with Crippen LogP contribution in [0.15, 0.2) is 57.5 Å². The number of halogens is 1. The van der Waals surface area contributed by atoms with Crippen molar-refractivity contribution in [1.82, 2.24) is 4.57 Å². The van der Waals surface area contributed by atoms with Crippen molar-refractivity contribution >= 4 is 46.0 Å². The number of para-hydroxylation sites is 1. The minimum absolute atomic E-state index is 0.106. The number of thiazole rings is 1. The van der Waals surface area contributed by atoms with Gasteiger partial charge in [0.1, 0.15) is 11.8 Å². The first-order valence-corrected chi connectivity index (χ1v) is 14.5. The number of carbonyl (C=O) groups excluding carboxylic acids is 1. The van der Waals surface area contributed by atoms with Crippen LogP contribution in [0, 0.1) is 3.57 Å². The number of hydrogen-bond acceptors (Lipinski definition) is 8. The predicted molar refractivity (Wildman–Crippen MR) is 159 cm³/mol. The Morgan fingerprint density at radius 1 is 1.18 bits per heavy atom. The van der Waals surface area contributed by atoms with Gasteiger partial charge >= 0.3 is 5.97 Å². The molecule has 0 N–H and O–H groups in total. The van der Waals surface area contributed by atoms with Crippen molar-refractivity contribution in [3.05, 3.63) is 82.1 Å².